The molecule has 4 rings (SSSR count). The second-order valence-corrected chi connectivity index (χ2v) is 8.18. The van der Waals surface area contributed by atoms with Crippen molar-refractivity contribution in [1.29, 1.82) is 0 Å². The van der Waals surface area contributed by atoms with E-state index in [1.807, 2.05) is 29.7 Å². The van der Waals surface area contributed by atoms with E-state index in [0.29, 0.717) is 27.3 Å². The maximum atomic E-state index is 13.0. The molecule has 0 saturated heterocycles. The summed E-state index contributed by atoms with van der Waals surface area (Å²) in [5.41, 5.74) is 2.38. The lowest BCUT2D eigenvalue weighted by molar-refractivity contribution is -0.137. The van der Waals surface area contributed by atoms with Crippen LogP contribution in [-0.2, 0) is 11.9 Å². The summed E-state index contributed by atoms with van der Waals surface area (Å²) in [4.78, 5) is 4.15. The minimum Gasteiger partial charge on any atom is -0.270 e. The Kier molecular flexibility index (Phi) is 6.02. The topological polar surface area (TPSA) is 43.6 Å². The fourth-order valence-corrected chi connectivity index (χ4v) is 4.13. The van der Waals surface area contributed by atoms with E-state index in [1.165, 1.54) is 17.8 Å². The molecule has 9 heteroatoms. The number of hydrogen-bond donors (Lipinski definition) is 0. The maximum absolute atomic E-state index is 13.0. The van der Waals surface area contributed by atoms with Crippen molar-refractivity contribution in [1.82, 2.24) is 19.7 Å². The molecule has 0 amide bonds. The van der Waals surface area contributed by atoms with Crippen LogP contribution in [0.2, 0.25) is 5.02 Å². The largest absolute Gasteiger partial charge is 0.416 e. The zero-order valence-corrected chi connectivity index (χ0v) is 17.8. The summed E-state index contributed by atoms with van der Waals surface area (Å²) in [6.07, 6.45) is -1.04. The molecule has 0 radical (unpaired) electrons. The lowest BCUT2D eigenvalue weighted by Gasteiger charge is -2.13. The van der Waals surface area contributed by atoms with E-state index in [4.69, 9.17) is 11.6 Å². The summed E-state index contributed by atoms with van der Waals surface area (Å²) in [7, 11) is 0. The van der Waals surface area contributed by atoms with Gasteiger partial charge in [0.05, 0.1) is 11.3 Å². The van der Waals surface area contributed by atoms with E-state index < -0.39 is 11.7 Å². The van der Waals surface area contributed by atoms with E-state index >= 15 is 0 Å². The first-order valence-corrected chi connectivity index (χ1v) is 10.6. The second kappa shape index (κ2) is 8.72. The van der Waals surface area contributed by atoms with Crippen molar-refractivity contribution in [3.05, 3.63) is 88.7 Å². The predicted octanol–water partition coefficient (Wildman–Crippen LogP) is 6.60. The number of thioether (sulfide) groups is 1. The third-order valence-electron chi connectivity index (χ3n) is 4.59. The lowest BCUT2D eigenvalue weighted by Crippen LogP contribution is -2.05. The number of benzene rings is 2. The Bertz CT molecular complexity index is 1210. The van der Waals surface area contributed by atoms with Crippen molar-refractivity contribution >= 4 is 23.4 Å². The quantitative estimate of drug-likeness (QED) is 0.315. The van der Waals surface area contributed by atoms with Gasteiger partial charge in [-0.1, -0.05) is 47.6 Å². The number of hydrogen-bond acceptors (Lipinski definition) is 4. The van der Waals surface area contributed by atoms with Crippen LogP contribution >= 0.6 is 23.4 Å². The van der Waals surface area contributed by atoms with Gasteiger partial charge in [-0.3, -0.25) is 9.55 Å². The van der Waals surface area contributed by atoms with Crippen LogP contribution in [0.3, 0.4) is 0 Å². The summed E-state index contributed by atoms with van der Waals surface area (Å²) in [6.45, 7) is 1.94. The van der Waals surface area contributed by atoms with Gasteiger partial charge in [-0.2, -0.15) is 13.2 Å². The molecule has 4 aromatic rings. The first kappa shape index (κ1) is 21.4. The number of aromatic nitrogens is 4. The van der Waals surface area contributed by atoms with Crippen LogP contribution in [0.4, 0.5) is 13.2 Å². The Hall–Kier alpha value is -2.84. The molecule has 2 aromatic carbocycles. The van der Waals surface area contributed by atoms with Gasteiger partial charge in [0, 0.05) is 28.7 Å². The Morgan fingerprint density at radius 2 is 1.87 bits per heavy atom. The Labute approximate surface area is 186 Å². The van der Waals surface area contributed by atoms with Crippen LogP contribution in [0.15, 0.2) is 72.1 Å². The predicted molar refractivity (Wildman–Crippen MR) is 115 cm³/mol. The molecule has 2 heterocycles. The van der Waals surface area contributed by atoms with Crippen LogP contribution in [0.25, 0.3) is 17.1 Å². The molecule has 0 unspecified atom stereocenters. The average molecular weight is 461 g/mol. The molecule has 0 aliphatic rings. The standard InChI is InChI=1S/C22H16ClF3N4S/c1-14-7-8-18(23)11-19(14)30-20(16-5-3-9-27-12-16)28-29-21(30)31-13-15-4-2-6-17(10-15)22(24,25)26/h2-12H,13H2,1H3. The summed E-state index contributed by atoms with van der Waals surface area (Å²) in [6, 6.07) is 14.5. The second-order valence-electron chi connectivity index (χ2n) is 6.80. The highest BCUT2D eigenvalue weighted by Crippen LogP contribution is 2.34. The summed E-state index contributed by atoms with van der Waals surface area (Å²) < 4.78 is 41.0. The third-order valence-corrected chi connectivity index (χ3v) is 5.82. The summed E-state index contributed by atoms with van der Waals surface area (Å²) in [5.74, 6) is 0.874. The number of alkyl halides is 3. The molecule has 0 aliphatic carbocycles. The molecule has 31 heavy (non-hydrogen) atoms. The highest BCUT2D eigenvalue weighted by Gasteiger charge is 2.30. The monoisotopic (exact) mass is 460 g/mol. The molecular formula is C22H16ClF3N4S. The van der Waals surface area contributed by atoms with Crippen LogP contribution in [0.1, 0.15) is 16.7 Å². The molecule has 0 saturated carbocycles. The summed E-state index contributed by atoms with van der Waals surface area (Å²) >= 11 is 7.54. The van der Waals surface area contributed by atoms with Crippen LogP contribution < -0.4 is 0 Å². The van der Waals surface area contributed by atoms with Gasteiger partial charge in [0.25, 0.3) is 0 Å². The van der Waals surface area contributed by atoms with Gasteiger partial charge in [-0.25, -0.2) is 0 Å². The molecule has 0 spiro atoms. The smallest absolute Gasteiger partial charge is 0.270 e. The van der Waals surface area contributed by atoms with Crippen molar-refractivity contribution in [3.63, 3.8) is 0 Å². The fraction of sp³-hybridized carbons (Fsp3) is 0.136. The van der Waals surface area contributed by atoms with Gasteiger partial charge in [0.15, 0.2) is 11.0 Å². The Balaban J connectivity index is 1.74. The van der Waals surface area contributed by atoms with Gasteiger partial charge in [-0.05, 0) is 48.4 Å². The van der Waals surface area contributed by atoms with Crippen LogP contribution in [0, 0.1) is 6.92 Å². The molecule has 158 valence electrons. The van der Waals surface area contributed by atoms with Crippen molar-refractivity contribution < 1.29 is 13.2 Å². The number of halogens is 4. The van der Waals surface area contributed by atoms with Gasteiger partial charge in [0.2, 0.25) is 0 Å². The molecule has 2 aromatic heterocycles. The summed E-state index contributed by atoms with van der Waals surface area (Å²) in [5, 5.41) is 9.74. The van der Waals surface area contributed by atoms with Gasteiger partial charge in [0.1, 0.15) is 0 Å². The van der Waals surface area contributed by atoms with Gasteiger partial charge in [-0.15, -0.1) is 10.2 Å². The van der Waals surface area contributed by atoms with E-state index in [0.717, 1.165) is 28.9 Å². The molecule has 0 fully saturated rings. The maximum Gasteiger partial charge on any atom is 0.416 e. The van der Waals surface area contributed by atoms with Crippen molar-refractivity contribution in [3.8, 4) is 17.1 Å². The van der Waals surface area contributed by atoms with Crippen molar-refractivity contribution in [2.24, 2.45) is 0 Å². The number of nitrogens with zero attached hydrogens (tertiary/aromatic N) is 4. The number of pyridine rings is 1. The zero-order chi connectivity index (χ0) is 22.0. The van der Waals surface area contributed by atoms with E-state index in [1.54, 1.807) is 30.6 Å². The van der Waals surface area contributed by atoms with Crippen LogP contribution in [-0.4, -0.2) is 19.7 Å². The first-order valence-electron chi connectivity index (χ1n) is 9.24. The molecule has 4 nitrogen and oxygen atoms in total. The van der Waals surface area contributed by atoms with Crippen molar-refractivity contribution in [2.45, 2.75) is 24.0 Å². The molecule has 0 bridgehead atoms. The molecule has 0 aliphatic heterocycles. The minimum atomic E-state index is -4.38. The Morgan fingerprint density at radius 1 is 1.03 bits per heavy atom. The molecule has 0 N–H and O–H groups in total. The van der Waals surface area contributed by atoms with E-state index in [9.17, 15) is 13.2 Å². The van der Waals surface area contributed by atoms with E-state index in [2.05, 4.69) is 15.2 Å². The zero-order valence-electron chi connectivity index (χ0n) is 16.3. The van der Waals surface area contributed by atoms with Gasteiger partial charge < -0.3 is 0 Å². The van der Waals surface area contributed by atoms with Crippen molar-refractivity contribution in [2.75, 3.05) is 0 Å². The number of rotatable bonds is 5. The van der Waals surface area contributed by atoms with Gasteiger partial charge >= 0.3 is 6.18 Å². The molecular weight excluding hydrogens is 445 g/mol. The molecule has 0 atom stereocenters. The third kappa shape index (κ3) is 4.75. The lowest BCUT2D eigenvalue weighted by atomic mass is 10.1. The minimum absolute atomic E-state index is 0.300. The average Bonchev–Trinajstić information content (AvgIpc) is 3.18. The highest BCUT2D eigenvalue weighted by molar-refractivity contribution is 7.98. The number of aryl methyl sites for hydroxylation is 1. The highest BCUT2D eigenvalue weighted by atomic mass is 35.5. The van der Waals surface area contributed by atoms with E-state index in [-0.39, 0.29) is 0 Å². The first-order chi connectivity index (χ1) is 14.8. The normalized spacial score (nSPS) is 11.6. The van der Waals surface area contributed by atoms with Crippen LogP contribution in [0.5, 0.6) is 0 Å². The fourth-order valence-electron chi connectivity index (χ4n) is 3.07. The SMILES string of the molecule is Cc1ccc(Cl)cc1-n1c(SCc2cccc(C(F)(F)F)c2)nnc1-c1cccnc1. The Morgan fingerprint density at radius 3 is 2.61 bits per heavy atom.